The van der Waals surface area contributed by atoms with E-state index in [2.05, 4.69) is 62.1 Å². The van der Waals surface area contributed by atoms with Gasteiger partial charge in [-0.15, -0.1) is 0 Å². The van der Waals surface area contributed by atoms with Gasteiger partial charge in [0.1, 0.15) is 5.78 Å². The minimum Gasteiger partial charge on any atom is -0.378 e. The molecule has 0 spiro atoms. The molecule has 3 rings (SSSR count). The van der Waals surface area contributed by atoms with Crippen LogP contribution < -0.4 is 4.90 Å². The molecule has 4 heteroatoms. The van der Waals surface area contributed by atoms with Crippen molar-refractivity contribution in [1.82, 2.24) is 0 Å². The van der Waals surface area contributed by atoms with Crippen molar-refractivity contribution < 1.29 is 4.79 Å². The molecule has 0 N–H and O–H groups in total. The van der Waals surface area contributed by atoms with Crippen LogP contribution in [0.1, 0.15) is 53.0 Å². The van der Waals surface area contributed by atoms with Gasteiger partial charge in [0.25, 0.3) is 0 Å². The van der Waals surface area contributed by atoms with Crippen molar-refractivity contribution in [3.8, 4) is 0 Å². The van der Waals surface area contributed by atoms with Gasteiger partial charge in [-0.2, -0.15) is 11.8 Å². The molecule has 0 unspecified atom stereocenters. The van der Waals surface area contributed by atoms with Gasteiger partial charge in [-0.05, 0) is 67.5 Å². The average Bonchev–Trinajstić information content (AvgIpc) is 2.69. The molecule has 0 bridgehead atoms. The molecule has 0 heterocycles. The zero-order chi connectivity index (χ0) is 21.7. The highest BCUT2D eigenvalue weighted by molar-refractivity contribution is 7.98. The predicted molar refractivity (Wildman–Crippen MR) is 131 cm³/mol. The van der Waals surface area contributed by atoms with Gasteiger partial charge >= 0.3 is 0 Å². The van der Waals surface area contributed by atoms with Crippen LogP contribution in [0.4, 0.5) is 5.69 Å². The molecule has 0 radical (unpaired) electrons. The second kappa shape index (κ2) is 10.3. The normalized spacial score (nSPS) is 18.1. The highest BCUT2D eigenvalue weighted by Gasteiger charge is 2.25. The van der Waals surface area contributed by atoms with Crippen molar-refractivity contribution in [3.05, 3.63) is 64.2 Å². The maximum atomic E-state index is 12.3. The van der Waals surface area contributed by atoms with Gasteiger partial charge in [-0.3, -0.25) is 9.79 Å². The first-order valence-corrected chi connectivity index (χ1v) is 11.9. The molecule has 30 heavy (non-hydrogen) atoms. The molecule has 160 valence electrons. The quantitative estimate of drug-likeness (QED) is 0.522. The summed E-state index contributed by atoms with van der Waals surface area (Å²) in [6.45, 7) is 7.36. The number of anilines is 1. The van der Waals surface area contributed by atoms with Crippen LogP contribution in [-0.4, -0.2) is 37.9 Å². The third-order valence-corrected chi connectivity index (χ3v) is 6.86. The van der Waals surface area contributed by atoms with E-state index < -0.39 is 0 Å². The van der Waals surface area contributed by atoms with Gasteiger partial charge < -0.3 is 4.90 Å². The van der Waals surface area contributed by atoms with Crippen molar-refractivity contribution in [2.45, 2.75) is 51.7 Å². The Hall–Kier alpha value is -2.07. The molecule has 2 aromatic rings. The second-order valence-electron chi connectivity index (χ2n) is 8.68. The minimum absolute atomic E-state index is 0.270. The minimum atomic E-state index is 0.270. The van der Waals surface area contributed by atoms with Crippen LogP contribution in [0.2, 0.25) is 0 Å². The summed E-state index contributed by atoms with van der Waals surface area (Å²) >= 11 is 1.93. The maximum Gasteiger partial charge on any atom is 0.139 e. The largest absolute Gasteiger partial charge is 0.378 e. The molecular weight excluding hydrogens is 388 g/mol. The summed E-state index contributed by atoms with van der Waals surface area (Å²) in [6.07, 6.45) is 2.09. The van der Waals surface area contributed by atoms with E-state index in [1.165, 1.54) is 33.5 Å². The number of ketones is 1. The molecule has 0 saturated heterocycles. The fraction of sp³-hybridized carbons (Fsp3) is 0.462. The number of aliphatic imine (C=N–C) groups is 1. The molecule has 2 aromatic carbocycles. The number of benzene rings is 2. The first kappa shape index (κ1) is 22.6. The van der Waals surface area contributed by atoms with E-state index in [1.807, 2.05) is 25.9 Å². The van der Waals surface area contributed by atoms with Gasteiger partial charge in [0.2, 0.25) is 0 Å². The highest BCUT2D eigenvalue weighted by atomic mass is 32.2. The third kappa shape index (κ3) is 5.98. The summed E-state index contributed by atoms with van der Waals surface area (Å²) in [4.78, 5) is 19.2. The van der Waals surface area contributed by atoms with Crippen molar-refractivity contribution in [2.24, 2.45) is 4.99 Å². The van der Waals surface area contributed by atoms with Crippen LogP contribution in [0.5, 0.6) is 0 Å². The monoisotopic (exact) mass is 422 g/mol. The van der Waals surface area contributed by atoms with Crippen LogP contribution in [0.25, 0.3) is 0 Å². The number of aryl methyl sites for hydroxylation is 3. The molecule has 0 amide bonds. The number of nitrogens with zero attached hydrogens (tertiary/aromatic N) is 2. The van der Waals surface area contributed by atoms with Crippen LogP contribution >= 0.6 is 11.8 Å². The van der Waals surface area contributed by atoms with Gasteiger partial charge in [0.05, 0.1) is 0 Å². The Morgan fingerprint density at radius 3 is 2.33 bits per heavy atom. The number of carbonyl (C=O) groups excluding carboxylic acids is 1. The van der Waals surface area contributed by atoms with Crippen LogP contribution in [0.15, 0.2) is 41.4 Å². The number of carbonyl (C=O) groups is 1. The van der Waals surface area contributed by atoms with E-state index in [9.17, 15) is 4.79 Å². The number of thioether (sulfide) groups is 1. The predicted octanol–water partition coefficient (Wildman–Crippen LogP) is 5.89. The molecule has 0 aliphatic heterocycles. The highest BCUT2D eigenvalue weighted by Crippen LogP contribution is 2.31. The summed E-state index contributed by atoms with van der Waals surface area (Å²) in [5, 5.41) is 0. The summed E-state index contributed by atoms with van der Waals surface area (Å²) in [5.41, 5.74) is 9.06. The zero-order valence-corrected chi connectivity index (χ0v) is 19.8. The Labute approximate surface area is 186 Å². The lowest BCUT2D eigenvalue weighted by molar-refractivity contribution is -0.118. The summed E-state index contributed by atoms with van der Waals surface area (Å²) in [7, 11) is 4.09. The summed E-state index contributed by atoms with van der Waals surface area (Å²) < 4.78 is 0. The lowest BCUT2D eigenvalue weighted by atomic mass is 9.82. The smallest absolute Gasteiger partial charge is 0.139 e. The fourth-order valence-corrected chi connectivity index (χ4v) is 5.31. The topological polar surface area (TPSA) is 32.7 Å². The summed E-state index contributed by atoms with van der Waals surface area (Å²) in [5.74, 6) is 2.61. The van der Waals surface area contributed by atoms with Crippen molar-refractivity contribution in [2.75, 3.05) is 31.3 Å². The van der Waals surface area contributed by atoms with Gasteiger partial charge in [-0.25, -0.2) is 0 Å². The summed E-state index contributed by atoms with van der Waals surface area (Å²) in [6, 6.07) is 13.1. The Kier molecular flexibility index (Phi) is 7.76. The lowest BCUT2D eigenvalue weighted by Gasteiger charge is -2.24. The lowest BCUT2D eigenvalue weighted by Crippen LogP contribution is -2.22. The molecule has 0 aromatic heterocycles. The molecule has 1 aliphatic carbocycles. The van der Waals surface area contributed by atoms with Crippen LogP contribution in [-0.2, 0) is 10.5 Å². The van der Waals surface area contributed by atoms with E-state index in [1.54, 1.807) is 0 Å². The molecule has 1 saturated carbocycles. The fourth-order valence-electron chi connectivity index (χ4n) is 4.28. The van der Waals surface area contributed by atoms with Gasteiger partial charge in [0, 0.05) is 56.4 Å². The molecule has 1 aliphatic rings. The molecule has 3 nitrogen and oxygen atoms in total. The molecule has 1 fully saturated rings. The van der Waals surface area contributed by atoms with Crippen molar-refractivity contribution >= 4 is 28.9 Å². The van der Waals surface area contributed by atoms with Crippen molar-refractivity contribution in [1.29, 1.82) is 0 Å². The first-order valence-electron chi connectivity index (χ1n) is 10.8. The zero-order valence-electron chi connectivity index (χ0n) is 19.0. The number of Topliss-reactive ketones (excluding diaryl/α,β-unsaturated/α-hetero) is 1. The number of rotatable bonds is 7. The second-order valence-corrected chi connectivity index (χ2v) is 9.79. The van der Waals surface area contributed by atoms with E-state index >= 15 is 0 Å². The Morgan fingerprint density at radius 1 is 1.03 bits per heavy atom. The van der Waals surface area contributed by atoms with Crippen LogP contribution in [0.3, 0.4) is 0 Å². The molecular formula is C26H34N2OS. The van der Waals surface area contributed by atoms with Crippen molar-refractivity contribution in [3.63, 3.8) is 0 Å². The Balaban J connectivity index is 1.53. The number of hydrogen-bond donors (Lipinski definition) is 0. The van der Waals surface area contributed by atoms with Crippen LogP contribution in [0, 0.1) is 20.8 Å². The Morgan fingerprint density at radius 2 is 1.70 bits per heavy atom. The third-order valence-electron chi connectivity index (χ3n) is 5.90. The number of hydrogen-bond acceptors (Lipinski definition) is 4. The van der Waals surface area contributed by atoms with E-state index in [0.717, 1.165) is 30.2 Å². The maximum absolute atomic E-state index is 12.3. The van der Waals surface area contributed by atoms with Gasteiger partial charge in [0.15, 0.2) is 0 Å². The van der Waals surface area contributed by atoms with E-state index in [-0.39, 0.29) is 5.92 Å². The van der Waals surface area contributed by atoms with E-state index in [4.69, 9.17) is 4.99 Å². The molecule has 1 atom stereocenters. The van der Waals surface area contributed by atoms with Gasteiger partial charge in [-0.1, -0.05) is 29.8 Å². The Bertz CT molecular complexity index is 892. The van der Waals surface area contributed by atoms with E-state index in [0.29, 0.717) is 18.6 Å². The average molecular weight is 423 g/mol. The first-order chi connectivity index (χ1) is 14.3. The SMILES string of the molecule is Cc1cc(C)c(CSCCN=C2CC(=O)C[C@H](c3ccc(N(C)C)cc3)C2)c(C)c1. The standard InChI is InChI=1S/C26H34N2OS/c1-18-12-19(2)26(20(3)13-18)17-30-11-10-27-23-14-22(15-25(29)16-23)21-6-8-24(9-7-21)28(4)5/h6-9,12-13,22H,10-11,14-17H2,1-5H3/t22-/m1/s1.